The maximum absolute atomic E-state index is 12.4. The van der Waals surface area contributed by atoms with Crippen LogP contribution in [0.1, 0.15) is 22.1 Å². The molecule has 1 unspecified atom stereocenters. The molecule has 1 aliphatic rings. The third-order valence-electron chi connectivity index (χ3n) is 4.42. The number of rotatable bonds is 2. The number of fused-ring (bicyclic) bond motifs is 2. The van der Waals surface area contributed by atoms with Crippen LogP contribution in [0.25, 0.3) is 17.0 Å². The Morgan fingerprint density at radius 2 is 2.07 bits per heavy atom. The molecule has 0 aromatic carbocycles. The van der Waals surface area contributed by atoms with Crippen molar-refractivity contribution in [2.45, 2.75) is 12.2 Å². The normalized spacial score (nSPS) is 16.8. The summed E-state index contributed by atoms with van der Waals surface area (Å²) in [6, 6.07) is 3.93. The van der Waals surface area contributed by atoms with Crippen LogP contribution in [-0.2, 0) is 4.79 Å². The average Bonchev–Trinajstić information content (AvgIpc) is 3.23. The standard InChI is InChI=1S/C17H14N8OS/c1-9-12-14(10-2-4-18-5-3-10)27-6-11(26)23-16(12)25(24-9)17-13-15(20-7-19-13)21-8-22-17/h2-5,7-8,14H,6H2,1H3,(H,23,26)(H,19,20,21,22). The molecule has 0 saturated heterocycles. The number of amides is 1. The summed E-state index contributed by atoms with van der Waals surface area (Å²) >= 11 is 1.57. The molecule has 0 saturated carbocycles. The zero-order valence-corrected chi connectivity index (χ0v) is 15.1. The number of carbonyl (C=O) groups excluding carboxylic acids is 1. The number of H-pyrrole nitrogens is 1. The molecule has 5 rings (SSSR count). The van der Waals surface area contributed by atoms with Crippen LogP contribution in [-0.4, -0.2) is 46.4 Å². The molecule has 27 heavy (non-hydrogen) atoms. The van der Waals surface area contributed by atoms with E-state index in [1.54, 1.807) is 35.2 Å². The Labute approximate surface area is 157 Å². The van der Waals surface area contributed by atoms with Crippen LogP contribution in [0.15, 0.2) is 37.2 Å². The Morgan fingerprint density at radius 1 is 1.22 bits per heavy atom. The molecule has 9 nitrogen and oxygen atoms in total. The fourth-order valence-corrected chi connectivity index (χ4v) is 4.44. The first-order valence-electron chi connectivity index (χ1n) is 8.27. The highest BCUT2D eigenvalue weighted by molar-refractivity contribution is 8.00. The second-order valence-electron chi connectivity index (χ2n) is 6.08. The van der Waals surface area contributed by atoms with Crippen molar-refractivity contribution in [3.8, 4) is 5.82 Å². The Balaban J connectivity index is 1.75. The minimum absolute atomic E-state index is 0.0326. The largest absolute Gasteiger partial charge is 0.340 e. The van der Waals surface area contributed by atoms with Crippen molar-refractivity contribution in [1.29, 1.82) is 0 Å². The number of anilines is 1. The van der Waals surface area contributed by atoms with Gasteiger partial charge in [0.05, 0.1) is 23.0 Å². The van der Waals surface area contributed by atoms with E-state index in [1.165, 1.54) is 6.33 Å². The molecule has 5 heterocycles. The van der Waals surface area contributed by atoms with Gasteiger partial charge in [-0.15, -0.1) is 11.8 Å². The number of aromatic nitrogens is 7. The second-order valence-corrected chi connectivity index (χ2v) is 7.17. The van der Waals surface area contributed by atoms with E-state index >= 15 is 0 Å². The molecule has 1 amide bonds. The highest BCUT2D eigenvalue weighted by Gasteiger charge is 2.31. The van der Waals surface area contributed by atoms with Gasteiger partial charge in [-0.25, -0.2) is 15.0 Å². The number of thioether (sulfide) groups is 1. The van der Waals surface area contributed by atoms with E-state index in [2.05, 4.69) is 35.3 Å². The van der Waals surface area contributed by atoms with Crippen LogP contribution >= 0.6 is 11.8 Å². The number of carbonyl (C=O) groups is 1. The van der Waals surface area contributed by atoms with Crippen molar-refractivity contribution in [3.63, 3.8) is 0 Å². The van der Waals surface area contributed by atoms with E-state index in [9.17, 15) is 4.79 Å². The van der Waals surface area contributed by atoms with Gasteiger partial charge in [0.1, 0.15) is 17.7 Å². The van der Waals surface area contributed by atoms with Crippen molar-refractivity contribution in [2.75, 3.05) is 11.1 Å². The number of nitrogens with zero attached hydrogens (tertiary/aromatic N) is 6. The zero-order valence-electron chi connectivity index (χ0n) is 14.2. The third kappa shape index (κ3) is 2.56. The summed E-state index contributed by atoms with van der Waals surface area (Å²) in [5.41, 5.74) is 4.07. The summed E-state index contributed by atoms with van der Waals surface area (Å²) in [6.07, 6.45) is 6.52. The number of pyridine rings is 1. The zero-order chi connectivity index (χ0) is 18.4. The predicted molar refractivity (Wildman–Crippen MR) is 101 cm³/mol. The van der Waals surface area contributed by atoms with Crippen LogP contribution in [0.4, 0.5) is 5.82 Å². The molecular weight excluding hydrogens is 364 g/mol. The smallest absolute Gasteiger partial charge is 0.235 e. The number of nitrogens with one attached hydrogen (secondary N) is 2. The summed E-state index contributed by atoms with van der Waals surface area (Å²) in [7, 11) is 0. The predicted octanol–water partition coefficient (Wildman–Crippen LogP) is 2.02. The van der Waals surface area contributed by atoms with E-state index in [0.717, 1.165) is 16.8 Å². The van der Waals surface area contributed by atoms with Crippen LogP contribution in [0, 0.1) is 6.92 Å². The monoisotopic (exact) mass is 378 g/mol. The topological polar surface area (TPSA) is 114 Å². The molecule has 1 atom stereocenters. The van der Waals surface area contributed by atoms with Gasteiger partial charge in [0.25, 0.3) is 0 Å². The summed E-state index contributed by atoms with van der Waals surface area (Å²) < 4.78 is 1.66. The lowest BCUT2D eigenvalue weighted by atomic mass is 10.1. The van der Waals surface area contributed by atoms with E-state index in [4.69, 9.17) is 0 Å². The number of imidazole rings is 1. The van der Waals surface area contributed by atoms with Crippen LogP contribution < -0.4 is 5.32 Å². The lowest BCUT2D eigenvalue weighted by Crippen LogP contribution is -2.16. The van der Waals surface area contributed by atoms with Crippen LogP contribution in [0.5, 0.6) is 0 Å². The molecule has 4 aromatic rings. The molecule has 0 spiro atoms. The highest BCUT2D eigenvalue weighted by Crippen LogP contribution is 2.43. The van der Waals surface area contributed by atoms with Crippen molar-refractivity contribution < 1.29 is 4.79 Å². The first-order valence-corrected chi connectivity index (χ1v) is 9.32. The molecule has 10 heteroatoms. The van der Waals surface area contributed by atoms with Gasteiger partial charge in [0, 0.05) is 18.0 Å². The van der Waals surface area contributed by atoms with E-state index in [1.807, 2.05) is 19.1 Å². The van der Waals surface area contributed by atoms with E-state index in [0.29, 0.717) is 28.6 Å². The van der Waals surface area contributed by atoms with E-state index < -0.39 is 0 Å². The fourth-order valence-electron chi connectivity index (χ4n) is 3.25. The molecule has 0 radical (unpaired) electrons. The molecule has 0 fully saturated rings. The Hall–Kier alpha value is -3.27. The van der Waals surface area contributed by atoms with Gasteiger partial charge >= 0.3 is 0 Å². The molecule has 0 aliphatic carbocycles. The van der Waals surface area contributed by atoms with Gasteiger partial charge in [-0.05, 0) is 24.6 Å². The minimum atomic E-state index is -0.0751. The Kier molecular flexibility index (Phi) is 3.64. The number of aromatic amines is 1. The van der Waals surface area contributed by atoms with Crippen molar-refractivity contribution >= 4 is 34.7 Å². The summed E-state index contributed by atoms with van der Waals surface area (Å²) in [4.78, 5) is 32.2. The van der Waals surface area contributed by atoms with Gasteiger partial charge in [-0.2, -0.15) is 9.78 Å². The summed E-state index contributed by atoms with van der Waals surface area (Å²) in [6.45, 7) is 1.94. The van der Waals surface area contributed by atoms with Crippen molar-refractivity contribution in [3.05, 3.63) is 54.0 Å². The van der Waals surface area contributed by atoms with Gasteiger partial charge in [0.2, 0.25) is 5.91 Å². The first-order chi connectivity index (χ1) is 13.2. The summed E-state index contributed by atoms with van der Waals surface area (Å²) in [5, 5.41) is 7.64. The average molecular weight is 378 g/mol. The van der Waals surface area contributed by atoms with Gasteiger partial charge in [-0.1, -0.05) is 0 Å². The molecule has 134 valence electrons. The maximum Gasteiger partial charge on any atom is 0.235 e. The SMILES string of the molecule is Cc1nn(-c2ncnc3nc[nH]c23)c2c1C(c1ccncc1)SCC(=O)N2. The van der Waals surface area contributed by atoms with Crippen molar-refractivity contribution in [1.82, 2.24) is 34.7 Å². The molecule has 0 bridgehead atoms. The molecule has 2 N–H and O–H groups in total. The minimum Gasteiger partial charge on any atom is -0.340 e. The molecule has 4 aromatic heterocycles. The molecule has 1 aliphatic heterocycles. The van der Waals surface area contributed by atoms with Gasteiger partial charge in [-0.3, -0.25) is 9.78 Å². The molecular formula is C17H14N8OS. The summed E-state index contributed by atoms with van der Waals surface area (Å²) in [5.74, 6) is 1.44. The maximum atomic E-state index is 12.4. The number of aryl methyl sites for hydroxylation is 1. The van der Waals surface area contributed by atoms with Crippen LogP contribution in [0.3, 0.4) is 0 Å². The van der Waals surface area contributed by atoms with Gasteiger partial charge in [0.15, 0.2) is 11.5 Å². The highest BCUT2D eigenvalue weighted by atomic mass is 32.2. The fraction of sp³-hybridized carbons (Fsp3) is 0.176. The quantitative estimate of drug-likeness (QED) is 0.548. The second kappa shape index (κ2) is 6.16. The first kappa shape index (κ1) is 15.9. The number of hydrogen-bond donors (Lipinski definition) is 2. The van der Waals surface area contributed by atoms with Crippen molar-refractivity contribution in [2.24, 2.45) is 0 Å². The number of hydrogen-bond acceptors (Lipinski definition) is 7. The van der Waals surface area contributed by atoms with Gasteiger partial charge < -0.3 is 10.3 Å². The third-order valence-corrected chi connectivity index (χ3v) is 5.69. The lowest BCUT2D eigenvalue weighted by Gasteiger charge is -2.14. The Bertz CT molecular complexity index is 1150. The van der Waals surface area contributed by atoms with E-state index in [-0.39, 0.29) is 11.2 Å². The van der Waals surface area contributed by atoms with Crippen LogP contribution in [0.2, 0.25) is 0 Å². The lowest BCUT2D eigenvalue weighted by molar-refractivity contribution is -0.113. The Morgan fingerprint density at radius 3 is 2.93 bits per heavy atom.